The molecule has 170 valence electrons. The van der Waals surface area contributed by atoms with Crippen LogP contribution < -0.4 is 4.74 Å². The Morgan fingerprint density at radius 2 is 1.88 bits per heavy atom. The van der Waals surface area contributed by atoms with Gasteiger partial charge in [-0.05, 0) is 72.7 Å². The van der Waals surface area contributed by atoms with E-state index < -0.39 is 5.54 Å². The van der Waals surface area contributed by atoms with E-state index in [1.165, 1.54) is 4.90 Å². The first-order valence-electron chi connectivity index (χ1n) is 10.6. The highest BCUT2D eigenvalue weighted by Crippen LogP contribution is 2.44. The molecule has 0 aliphatic heterocycles. The average molecular weight is 500 g/mol. The second kappa shape index (κ2) is 10.1. The molecule has 0 N–H and O–H groups in total. The summed E-state index contributed by atoms with van der Waals surface area (Å²) in [6.45, 7) is -0.207. The van der Waals surface area contributed by atoms with Gasteiger partial charge in [0.15, 0.2) is 12.4 Å². The van der Waals surface area contributed by atoms with Crippen LogP contribution in [-0.4, -0.2) is 30.2 Å². The molecule has 0 radical (unpaired) electrons. The molecular formula is C26H23Cl2NO3S. The van der Waals surface area contributed by atoms with Crippen molar-refractivity contribution >= 4 is 52.3 Å². The quantitative estimate of drug-likeness (QED) is 0.357. The minimum Gasteiger partial charge on any atom is -0.484 e. The van der Waals surface area contributed by atoms with Crippen molar-refractivity contribution in [3.05, 3.63) is 92.1 Å². The van der Waals surface area contributed by atoms with Gasteiger partial charge < -0.3 is 9.64 Å². The van der Waals surface area contributed by atoms with Crippen molar-refractivity contribution in [2.75, 3.05) is 13.7 Å². The van der Waals surface area contributed by atoms with Crippen LogP contribution in [0.25, 0.3) is 6.08 Å². The minimum atomic E-state index is -1.19. The second-order valence-corrected chi connectivity index (χ2v) is 9.73. The molecule has 0 bridgehead atoms. The second-order valence-electron chi connectivity index (χ2n) is 7.90. The lowest BCUT2D eigenvalue weighted by molar-refractivity contribution is -0.147. The van der Waals surface area contributed by atoms with Gasteiger partial charge in [0.25, 0.3) is 5.91 Å². The van der Waals surface area contributed by atoms with Gasteiger partial charge in [-0.2, -0.15) is 0 Å². The van der Waals surface area contributed by atoms with Crippen LogP contribution in [0.4, 0.5) is 0 Å². The van der Waals surface area contributed by atoms with E-state index in [2.05, 4.69) is 0 Å². The first-order valence-corrected chi connectivity index (χ1v) is 12.2. The molecular weight excluding hydrogens is 477 g/mol. The molecule has 2 aromatic carbocycles. The van der Waals surface area contributed by atoms with Crippen molar-refractivity contribution in [1.82, 2.24) is 4.90 Å². The summed E-state index contributed by atoms with van der Waals surface area (Å²) >= 11 is 14.1. The van der Waals surface area contributed by atoms with E-state index in [4.69, 9.17) is 27.9 Å². The topological polar surface area (TPSA) is 46.6 Å². The molecule has 3 aromatic rings. The van der Waals surface area contributed by atoms with E-state index >= 15 is 0 Å². The van der Waals surface area contributed by atoms with Crippen LogP contribution in [0, 0.1) is 0 Å². The summed E-state index contributed by atoms with van der Waals surface area (Å²) < 4.78 is 5.69. The van der Waals surface area contributed by atoms with E-state index in [-0.39, 0.29) is 18.3 Å². The maximum Gasteiger partial charge on any atom is 0.261 e. The third kappa shape index (κ3) is 4.86. The van der Waals surface area contributed by atoms with Crippen molar-refractivity contribution in [2.45, 2.75) is 24.8 Å². The zero-order valence-corrected chi connectivity index (χ0v) is 20.4. The van der Waals surface area contributed by atoms with Crippen LogP contribution in [0.3, 0.4) is 0 Å². The smallest absolute Gasteiger partial charge is 0.261 e. The number of thiophene rings is 1. The first-order chi connectivity index (χ1) is 15.9. The Bertz CT molecular complexity index is 1170. The molecule has 0 unspecified atom stereocenters. The maximum atomic E-state index is 14.0. The first kappa shape index (κ1) is 23.6. The van der Waals surface area contributed by atoms with Gasteiger partial charge in [-0.15, -0.1) is 11.3 Å². The third-order valence-corrected chi connectivity index (χ3v) is 7.35. The fourth-order valence-corrected chi connectivity index (χ4v) is 5.35. The van der Waals surface area contributed by atoms with Crippen LogP contribution in [0.2, 0.25) is 10.0 Å². The van der Waals surface area contributed by atoms with Crippen molar-refractivity contribution in [3.63, 3.8) is 0 Å². The standard InChI is InChI=1S/C26H23Cl2NO3S/c1-29(24(30)17-32-20-12-10-19(27)11-13-20)26(22-8-2-3-9-23(22)28)14-4-6-18(25(26)31)16-21-7-5-15-33-21/h2-3,5,7-13,15-16H,4,6,14,17H2,1H3/b18-16+/t26-/m0/s1. The number of likely N-dealkylation sites (N-methyl/N-ethyl adjacent to an activating group) is 1. The number of hydrogen-bond donors (Lipinski definition) is 0. The van der Waals surface area contributed by atoms with Gasteiger partial charge in [-0.1, -0.05) is 47.5 Å². The summed E-state index contributed by atoms with van der Waals surface area (Å²) in [6, 6.07) is 18.0. The monoisotopic (exact) mass is 499 g/mol. The summed E-state index contributed by atoms with van der Waals surface area (Å²) in [5.41, 5.74) is 0.137. The van der Waals surface area contributed by atoms with E-state index in [0.717, 1.165) is 11.3 Å². The molecule has 0 spiro atoms. The Morgan fingerprint density at radius 1 is 1.12 bits per heavy atom. The van der Waals surface area contributed by atoms with Gasteiger partial charge in [-0.3, -0.25) is 9.59 Å². The summed E-state index contributed by atoms with van der Waals surface area (Å²) in [6.07, 6.45) is 3.83. The van der Waals surface area contributed by atoms with Crippen LogP contribution in [0.1, 0.15) is 29.7 Å². The van der Waals surface area contributed by atoms with Crippen LogP contribution in [0.5, 0.6) is 5.75 Å². The molecule has 7 heteroatoms. The van der Waals surface area contributed by atoms with Crippen LogP contribution >= 0.6 is 34.5 Å². The lowest BCUT2D eigenvalue weighted by Gasteiger charge is -2.44. The molecule has 1 aliphatic carbocycles. The fourth-order valence-electron chi connectivity index (χ4n) is 4.25. The number of nitrogens with zero attached hydrogens (tertiary/aromatic N) is 1. The maximum absolute atomic E-state index is 14.0. The molecule has 1 saturated carbocycles. The van der Waals surface area contributed by atoms with Crippen LogP contribution in [0.15, 0.2) is 71.6 Å². The summed E-state index contributed by atoms with van der Waals surface area (Å²) in [5, 5.41) is 3.02. The van der Waals surface area contributed by atoms with Crippen molar-refractivity contribution in [1.29, 1.82) is 0 Å². The molecule has 1 atom stereocenters. The Kier molecular flexibility index (Phi) is 7.23. The lowest BCUT2D eigenvalue weighted by atomic mass is 9.72. The summed E-state index contributed by atoms with van der Waals surface area (Å²) in [5.74, 6) is 0.120. The Balaban J connectivity index is 1.68. The number of carbonyl (C=O) groups is 2. The summed E-state index contributed by atoms with van der Waals surface area (Å²) in [4.78, 5) is 29.8. The SMILES string of the molecule is CN(C(=O)COc1ccc(Cl)cc1)[C@]1(c2ccccc2Cl)CCC/C(=C\c2cccs2)C1=O. The number of amides is 1. The molecule has 4 rings (SSSR count). The number of benzene rings is 2. The van der Waals surface area contributed by atoms with Gasteiger partial charge in [0.05, 0.1) is 0 Å². The number of carbonyl (C=O) groups excluding carboxylic acids is 2. The molecule has 1 amide bonds. The normalized spacial score (nSPS) is 19.5. The number of ketones is 1. The van der Waals surface area contributed by atoms with Crippen LogP contribution in [-0.2, 0) is 15.1 Å². The molecule has 0 saturated heterocycles. The van der Waals surface area contributed by atoms with Gasteiger partial charge >= 0.3 is 0 Å². The average Bonchev–Trinajstić information content (AvgIpc) is 3.33. The third-order valence-electron chi connectivity index (χ3n) is 5.95. The van der Waals surface area contributed by atoms with Gasteiger partial charge in [-0.25, -0.2) is 0 Å². The molecule has 1 aromatic heterocycles. The largest absolute Gasteiger partial charge is 0.484 e. The van der Waals surface area contributed by atoms with E-state index in [0.29, 0.717) is 39.8 Å². The molecule has 1 fully saturated rings. The highest BCUT2D eigenvalue weighted by atomic mass is 35.5. The van der Waals surface area contributed by atoms with Crippen molar-refractivity contribution in [2.24, 2.45) is 0 Å². The number of hydrogen-bond acceptors (Lipinski definition) is 4. The molecule has 33 heavy (non-hydrogen) atoms. The minimum absolute atomic E-state index is 0.0995. The Hall–Kier alpha value is -2.60. The Morgan fingerprint density at radius 3 is 2.58 bits per heavy atom. The Labute approximate surface area is 207 Å². The number of rotatable bonds is 6. The predicted molar refractivity (Wildman–Crippen MR) is 134 cm³/mol. The van der Waals surface area contributed by atoms with Gasteiger partial charge in [0, 0.05) is 27.5 Å². The number of ether oxygens (including phenoxy) is 1. The van der Waals surface area contributed by atoms with Crippen molar-refractivity contribution in [3.8, 4) is 5.75 Å². The zero-order valence-electron chi connectivity index (χ0n) is 18.1. The lowest BCUT2D eigenvalue weighted by Crippen LogP contribution is -2.56. The van der Waals surface area contributed by atoms with Crippen molar-refractivity contribution < 1.29 is 14.3 Å². The molecule has 1 aliphatic rings. The number of Topliss-reactive ketones (excluding diaryl/α,β-unsaturated/α-hetero) is 1. The van der Waals surface area contributed by atoms with Gasteiger partial charge in [0.2, 0.25) is 0 Å². The van der Waals surface area contributed by atoms with Gasteiger partial charge in [0.1, 0.15) is 11.3 Å². The molecule has 1 heterocycles. The van der Waals surface area contributed by atoms with E-state index in [1.54, 1.807) is 48.7 Å². The van der Waals surface area contributed by atoms with E-state index in [1.807, 2.05) is 41.8 Å². The highest BCUT2D eigenvalue weighted by molar-refractivity contribution is 7.10. The fraction of sp³-hybridized carbons (Fsp3) is 0.231. The predicted octanol–water partition coefficient (Wildman–Crippen LogP) is 6.62. The zero-order chi connectivity index (χ0) is 23.4. The highest BCUT2D eigenvalue weighted by Gasteiger charge is 2.49. The summed E-state index contributed by atoms with van der Waals surface area (Å²) in [7, 11) is 1.66. The van der Waals surface area contributed by atoms with E-state index in [9.17, 15) is 9.59 Å². The molecule has 4 nitrogen and oxygen atoms in total. The number of halogens is 2.